The van der Waals surface area contributed by atoms with Gasteiger partial charge in [0, 0.05) is 0 Å². The third kappa shape index (κ3) is 2.26. The molecule has 2 heteroatoms. The van der Waals surface area contributed by atoms with Crippen molar-refractivity contribution < 1.29 is 8.78 Å². The fourth-order valence-electron chi connectivity index (χ4n) is 3.14. The quantitative estimate of drug-likeness (QED) is 0.602. The van der Waals surface area contributed by atoms with E-state index in [9.17, 15) is 8.78 Å². The lowest BCUT2D eigenvalue weighted by Gasteiger charge is -2.35. The molecule has 0 aromatic rings. The average molecular weight is 202 g/mol. The lowest BCUT2D eigenvalue weighted by atomic mass is 9.72. The van der Waals surface area contributed by atoms with Gasteiger partial charge in [-0.2, -0.15) is 0 Å². The first-order valence-corrected chi connectivity index (χ1v) is 6.05. The minimum atomic E-state index is -1.17. The summed E-state index contributed by atoms with van der Waals surface area (Å²) in [6.07, 6.45) is 6.00. The Labute approximate surface area is 85.1 Å². The van der Waals surface area contributed by atoms with Crippen molar-refractivity contribution in [2.24, 2.45) is 11.8 Å². The highest BCUT2D eigenvalue weighted by atomic mass is 19.2. The maximum Gasteiger partial charge on any atom is 0.131 e. The minimum absolute atomic E-state index is 0.461. The van der Waals surface area contributed by atoms with Crippen LogP contribution in [0.5, 0.6) is 0 Å². The van der Waals surface area contributed by atoms with Gasteiger partial charge in [0.15, 0.2) is 0 Å². The first-order valence-electron chi connectivity index (χ1n) is 6.05. The summed E-state index contributed by atoms with van der Waals surface area (Å²) in [6.45, 7) is 0. The van der Waals surface area contributed by atoms with Crippen LogP contribution in [0.15, 0.2) is 0 Å². The van der Waals surface area contributed by atoms with Gasteiger partial charge in [0.1, 0.15) is 12.3 Å². The predicted octanol–water partition coefficient (Wildman–Crippen LogP) is 4.04. The van der Waals surface area contributed by atoms with Gasteiger partial charge in [-0.3, -0.25) is 0 Å². The van der Waals surface area contributed by atoms with Crippen molar-refractivity contribution in [3.63, 3.8) is 0 Å². The summed E-state index contributed by atoms with van der Waals surface area (Å²) < 4.78 is 26.1. The van der Waals surface area contributed by atoms with Crippen LogP contribution in [0.1, 0.15) is 51.4 Å². The summed E-state index contributed by atoms with van der Waals surface area (Å²) in [5, 5.41) is 0. The van der Waals surface area contributed by atoms with Gasteiger partial charge in [0.2, 0.25) is 0 Å². The van der Waals surface area contributed by atoms with E-state index in [0.29, 0.717) is 24.7 Å². The smallest absolute Gasteiger partial charge is 0.131 e. The van der Waals surface area contributed by atoms with E-state index in [4.69, 9.17) is 0 Å². The molecule has 0 N–H and O–H groups in total. The highest BCUT2D eigenvalue weighted by molar-refractivity contribution is 4.84. The molecule has 0 aliphatic heterocycles. The summed E-state index contributed by atoms with van der Waals surface area (Å²) >= 11 is 0. The standard InChI is InChI=1S/C12H20F2/c13-11-7-6-10(8-12(11)14)9-4-2-1-3-5-9/h9-12H,1-8H2. The summed E-state index contributed by atoms with van der Waals surface area (Å²) in [4.78, 5) is 0. The molecule has 82 valence electrons. The number of rotatable bonds is 1. The Bertz CT molecular complexity index is 175. The Morgan fingerprint density at radius 1 is 0.643 bits per heavy atom. The highest BCUT2D eigenvalue weighted by Gasteiger charge is 2.34. The van der Waals surface area contributed by atoms with Gasteiger partial charge in [0.05, 0.1) is 0 Å². The van der Waals surface area contributed by atoms with Crippen LogP contribution in [-0.2, 0) is 0 Å². The van der Waals surface area contributed by atoms with Gasteiger partial charge in [-0.1, -0.05) is 32.1 Å². The van der Waals surface area contributed by atoms with Crippen LogP contribution in [-0.4, -0.2) is 12.3 Å². The fourth-order valence-corrected chi connectivity index (χ4v) is 3.14. The average Bonchev–Trinajstić information content (AvgIpc) is 2.23. The second-order valence-electron chi connectivity index (χ2n) is 5.00. The molecule has 0 bridgehead atoms. The van der Waals surface area contributed by atoms with Crippen molar-refractivity contribution in [3.8, 4) is 0 Å². The van der Waals surface area contributed by atoms with E-state index in [1.54, 1.807) is 0 Å². The Morgan fingerprint density at radius 2 is 1.36 bits per heavy atom. The highest BCUT2D eigenvalue weighted by Crippen LogP contribution is 2.39. The number of hydrogen-bond donors (Lipinski definition) is 0. The maximum atomic E-state index is 13.2. The lowest BCUT2D eigenvalue weighted by Crippen LogP contribution is -2.31. The van der Waals surface area contributed by atoms with Crippen LogP contribution in [0.2, 0.25) is 0 Å². The molecule has 0 aromatic carbocycles. The minimum Gasteiger partial charge on any atom is -0.244 e. The van der Waals surface area contributed by atoms with Gasteiger partial charge in [-0.05, 0) is 31.1 Å². The second kappa shape index (κ2) is 4.59. The SMILES string of the molecule is FC1CCC(C2CCCCC2)CC1F. The molecule has 0 nitrogen and oxygen atoms in total. The Hall–Kier alpha value is -0.140. The van der Waals surface area contributed by atoms with Crippen LogP contribution < -0.4 is 0 Å². The number of halogens is 2. The molecular formula is C12H20F2. The lowest BCUT2D eigenvalue weighted by molar-refractivity contribution is 0.0597. The molecule has 14 heavy (non-hydrogen) atoms. The van der Waals surface area contributed by atoms with Crippen molar-refractivity contribution in [2.45, 2.75) is 63.7 Å². The van der Waals surface area contributed by atoms with Gasteiger partial charge in [0.25, 0.3) is 0 Å². The zero-order chi connectivity index (χ0) is 9.97. The van der Waals surface area contributed by atoms with Gasteiger partial charge < -0.3 is 0 Å². The molecule has 2 aliphatic carbocycles. The van der Waals surface area contributed by atoms with Crippen molar-refractivity contribution in [1.29, 1.82) is 0 Å². The molecule has 2 saturated carbocycles. The molecule has 3 atom stereocenters. The van der Waals surface area contributed by atoms with Crippen molar-refractivity contribution in [1.82, 2.24) is 0 Å². The monoisotopic (exact) mass is 202 g/mol. The van der Waals surface area contributed by atoms with E-state index in [1.165, 1.54) is 32.1 Å². The summed E-state index contributed by atoms with van der Waals surface area (Å²) in [5.74, 6) is 1.19. The molecule has 0 spiro atoms. The van der Waals surface area contributed by atoms with Crippen LogP contribution in [0, 0.1) is 11.8 Å². The number of hydrogen-bond acceptors (Lipinski definition) is 0. The van der Waals surface area contributed by atoms with E-state index in [1.807, 2.05) is 0 Å². The van der Waals surface area contributed by atoms with Gasteiger partial charge >= 0.3 is 0 Å². The molecule has 2 fully saturated rings. The molecule has 0 heterocycles. The molecule has 2 aliphatic rings. The number of alkyl halides is 2. The van der Waals surface area contributed by atoms with E-state index in [-0.39, 0.29) is 0 Å². The molecule has 0 radical (unpaired) electrons. The van der Waals surface area contributed by atoms with Gasteiger partial charge in [-0.15, -0.1) is 0 Å². The van der Waals surface area contributed by atoms with Crippen molar-refractivity contribution in [2.75, 3.05) is 0 Å². The van der Waals surface area contributed by atoms with Crippen LogP contribution in [0.4, 0.5) is 8.78 Å². The zero-order valence-corrected chi connectivity index (χ0v) is 8.72. The predicted molar refractivity (Wildman–Crippen MR) is 53.7 cm³/mol. The summed E-state index contributed by atoms with van der Waals surface area (Å²) in [5.41, 5.74) is 0. The second-order valence-corrected chi connectivity index (χ2v) is 5.00. The largest absolute Gasteiger partial charge is 0.244 e. The van der Waals surface area contributed by atoms with Crippen LogP contribution in [0.3, 0.4) is 0 Å². The van der Waals surface area contributed by atoms with Crippen molar-refractivity contribution in [3.05, 3.63) is 0 Å². The van der Waals surface area contributed by atoms with E-state index >= 15 is 0 Å². The topological polar surface area (TPSA) is 0 Å². The summed E-state index contributed by atoms with van der Waals surface area (Å²) in [7, 11) is 0. The molecule has 3 unspecified atom stereocenters. The Morgan fingerprint density at radius 3 is 2.00 bits per heavy atom. The summed E-state index contributed by atoms with van der Waals surface area (Å²) in [6, 6.07) is 0. The normalized spacial score (nSPS) is 41.1. The molecule has 2 rings (SSSR count). The van der Waals surface area contributed by atoms with Crippen molar-refractivity contribution >= 4 is 0 Å². The van der Waals surface area contributed by atoms with Gasteiger partial charge in [-0.25, -0.2) is 8.78 Å². The first-order chi connectivity index (χ1) is 6.77. The maximum absolute atomic E-state index is 13.2. The first kappa shape index (κ1) is 10.4. The van der Waals surface area contributed by atoms with E-state index in [2.05, 4.69) is 0 Å². The Balaban J connectivity index is 1.85. The van der Waals surface area contributed by atoms with Crippen LogP contribution in [0.25, 0.3) is 0 Å². The molecule has 0 amide bonds. The van der Waals surface area contributed by atoms with Crippen LogP contribution >= 0.6 is 0 Å². The fraction of sp³-hybridized carbons (Fsp3) is 1.00. The third-order valence-corrected chi connectivity index (χ3v) is 4.05. The zero-order valence-electron chi connectivity index (χ0n) is 8.72. The van der Waals surface area contributed by atoms with E-state index in [0.717, 1.165) is 6.42 Å². The molecule has 0 aromatic heterocycles. The molecule has 0 saturated heterocycles. The Kier molecular flexibility index (Phi) is 3.40. The third-order valence-electron chi connectivity index (χ3n) is 4.05. The van der Waals surface area contributed by atoms with E-state index < -0.39 is 12.3 Å². The molecular weight excluding hydrogens is 182 g/mol.